The number of hydrogen-bond acceptors (Lipinski definition) is 1. The minimum atomic E-state index is 0.810. The highest BCUT2D eigenvalue weighted by Crippen LogP contribution is 2.28. The molecule has 0 spiro atoms. The number of fused-ring (bicyclic) bond motifs is 3. The highest BCUT2D eigenvalue weighted by Gasteiger charge is 2.07. The zero-order valence-corrected chi connectivity index (χ0v) is 9.51. The molecule has 2 nitrogen and oxygen atoms in total. The van der Waals surface area contributed by atoms with Crippen LogP contribution in [0.5, 0.6) is 0 Å². The summed E-state index contributed by atoms with van der Waals surface area (Å²) in [5.41, 5.74) is 7.95. The summed E-state index contributed by atoms with van der Waals surface area (Å²) in [4.78, 5) is 0. The van der Waals surface area contributed by atoms with Crippen molar-refractivity contribution in [1.29, 1.82) is 0 Å². The first-order chi connectivity index (χ1) is 8.42. The number of nitrogens with two attached hydrogens (primary N) is 1. The van der Waals surface area contributed by atoms with Crippen LogP contribution in [-0.4, -0.2) is 4.57 Å². The van der Waals surface area contributed by atoms with Crippen molar-refractivity contribution in [1.82, 2.24) is 4.57 Å². The number of rotatable bonds is 2. The van der Waals surface area contributed by atoms with E-state index in [-0.39, 0.29) is 0 Å². The molecule has 0 aliphatic carbocycles. The van der Waals surface area contributed by atoms with Crippen molar-refractivity contribution >= 4 is 21.8 Å². The van der Waals surface area contributed by atoms with Crippen LogP contribution in [0.1, 0.15) is 0 Å². The summed E-state index contributed by atoms with van der Waals surface area (Å²) in [6.07, 6.45) is 3.57. The molecule has 0 unspecified atom stereocenters. The number of nitrogens with zero attached hydrogens (tertiary/aromatic N) is 1. The van der Waals surface area contributed by atoms with Gasteiger partial charge in [-0.1, -0.05) is 36.4 Å². The second-order valence-corrected chi connectivity index (χ2v) is 4.07. The number of para-hydroxylation sites is 2. The molecule has 0 radical (unpaired) electrons. The quantitative estimate of drug-likeness (QED) is 0.708. The van der Waals surface area contributed by atoms with Gasteiger partial charge in [0.15, 0.2) is 0 Å². The van der Waals surface area contributed by atoms with Crippen LogP contribution in [0.15, 0.2) is 60.8 Å². The van der Waals surface area contributed by atoms with Gasteiger partial charge in [0, 0.05) is 28.4 Å². The second kappa shape index (κ2) is 3.98. The molecule has 17 heavy (non-hydrogen) atoms. The Morgan fingerprint density at radius 1 is 0.882 bits per heavy atom. The summed E-state index contributed by atoms with van der Waals surface area (Å²) in [5.74, 6) is 0. The molecule has 3 rings (SSSR count). The van der Waals surface area contributed by atoms with Crippen LogP contribution in [0.2, 0.25) is 0 Å². The van der Waals surface area contributed by atoms with Gasteiger partial charge in [-0.2, -0.15) is 0 Å². The summed E-state index contributed by atoms with van der Waals surface area (Å²) >= 11 is 0. The van der Waals surface area contributed by atoms with E-state index in [1.165, 1.54) is 21.8 Å². The Morgan fingerprint density at radius 2 is 1.41 bits per heavy atom. The minimum absolute atomic E-state index is 0.810. The molecule has 0 saturated carbocycles. The molecule has 0 fully saturated rings. The Bertz CT molecular complexity index is 639. The van der Waals surface area contributed by atoms with Crippen molar-refractivity contribution in [3.8, 4) is 0 Å². The van der Waals surface area contributed by atoms with Crippen molar-refractivity contribution in [2.45, 2.75) is 6.54 Å². The van der Waals surface area contributed by atoms with E-state index in [0.29, 0.717) is 0 Å². The van der Waals surface area contributed by atoms with E-state index < -0.39 is 0 Å². The molecular formula is C15H14N2. The van der Waals surface area contributed by atoms with Crippen LogP contribution >= 0.6 is 0 Å². The van der Waals surface area contributed by atoms with Crippen LogP contribution in [0, 0.1) is 0 Å². The predicted octanol–water partition coefficient (Wildman–Crippen LogP) is 3.27. The first-order valence-corrected chi connectivity index (χ1v) is 5.74. The van der Waals surface area contributed by atoms with Gasteiger partial charge in [0.2, 0.25) is 0 Å². The second-order valence-electron chi connectivity index (χ2n) is 4.07. The van der Waals surface area contributed by atoms with Crippen molar-refractivity contribution in [3.63, 3.8) is 0 Å². The molecule has 0 aliphatic heterocycles. The maximum Gasteiger partial charge on any atom is 0.0494 e. The lowest BCUT2D eigenvalue weighted by Gasteiger charge is -2.02. The third kappa shape index (κ3) is 1.49. The first kappa shape index (κ1) is 9.97. The van der Waals surface area contributed by atoms with E-state index in [2.05, 4.69) is 53.1 Å². The molecule has 2 aromatic carbocycles. The Morgan fingerprint density at radius 3 is 1.94 bits per heavy atom. The standard InChI is InChI=1S/C15H14N2/c16-10-5-11-17-14-8-3-1-6-12(14)13-7-2-4-9-15(13)17/h1-10H,11,16H2. The molecule has 2 N–H and O–H groups in total. The summed E-state index contributed by atoms with van der Waals surface area (Å²) in [5, 5.41) is 2.60. The van der Waals surface area contributed by atoms with Crippen LogP contribution in [0.3, 0.4) is 0 Å². The Labute approximate surface area is 100.0 Å². The number of aromatic nitrogens is 1. The van der Waals surface area contributed by atoms with E-state index in [9.17, 15) is 0 Å². The van der Waals surface area contributed by atoms with Crippen molar-refractivity contribution in [2.24, 2.45) is 5.73 Å². The Kier molecular flexibility index (Phi) is 2.33. The van der Waals surface area contributed by atoms with Crippen LogP contribution in [0.4, 0.5) is 0 Å². The van der Waals surface area contributed by atoms with E-state index in [1.807, 2.05) is 6.08 Å². The number of benzene rings is 2. The van der Waals surface area contributed by atoms with Gasteiger partial charge in [-0.25, -0.2) is 0 Å². The van der Waals surface area contributed by atoms with Gasteiger partial charge in [0.1, 0.15) is 0 Å². The Hall–Kier alpha value is -2.22. The van der Waals surface area contributed by atoms with Gasteiger partial charge < -0.3 is 10.3 Å². The number of allylic oxidation sites excluding steroid dienone is 1. The van der Waals surface area contributed by atoms with Crippen LogP contribution < -0.4 is 5.73 Å². The molecule has 0 saturated heterocycles. The fourth-order valence-electron chi connectivity index (χ4n) is 2.37. The summed E-state index contributed by atoms with van der Waals surface area (Å²) < 4.78 is 2.29. The van der Waals surface area contributed by atoms with Crippen molar-refractivity contribution < 1.29 is 0 Å². The lowest BCUT2D eigenvalue weighted by molar-refractivity contribution is 0.896. The molecule has 0 atom stereocenters. The monoisotopic (exact) mass is 222 g/mol. The highest BCUT2D eigenvalue weighted by molar-refractivity contribution is 6.07. The molecule has 1 aromatic heterocycles. The van der Waals surface area contributed by atoms with Gasteiger partial charge in [-0.15, -0.1) is 0 Å². The fourth-order valence-corrected chi connectivity index (χ4v) is 2.37. The third-order valence-corrected chi connectivity index (χ3v) is 3.10. The van der Waals surface area contributed by atoms with Gasteiger partial charge in [-0.05, 0) is 24.4 Å². The maximum atomic E-state index is 5.44. The number of hydrogen-bond donors (Lipinski definition) is 1. The Balaban J connectivity index is 2.41. The van der Waals surface area contributed by atoms with Gasteiger partial charge in [0.05, 0.1) is 0 Å². The topological polar surface area (TPSA) is 30.9 Å². The summed E-state index contributed by atoms with van der Waals surface area (Å²) in [6.45, 7) is 0.810. The molecule has 3 aromatic rings. The van der Waals surface area contributed by atoms with E-state index in [4.69, 9.17) is 5.73 Å². The molecular weight excluding hydrogens is 208 g/mol. The molecule has 84 valence electrons. The zero-order valence-electron chi connectivity index (χ0n) is 9.51. The molecule has 1 heterocycles. The largest absolute Gasteiger partial charge is 0.405 e. The van der Waals surface area contributed by atoms with Crippen LogP contribution in [-0.2, 0) is 6.54 Å². The van der Waals surface area contributed by atoms with Crippen LogP contribution in [0.25, 0.3) is 21.8 Å². The van der Waals surface area contributed by atoms with Crippen molar-refractivity contribution in [2.75, 3.05) is 0 Å². The molecule has 0 bridgehead atoms. The maximum absolute atomic E-state index is 5.44. The van der Waals surface area contributed by atoms with Crippen molar-refractivity contribution in [3.05, 3.63) is 60.8 Å². The molecule has 0 aliphatic rings. The van der Waals surface area contributed by atoms with E-state index in [0.717, 1.165) is 6.54 Å². The van der Waals surface area contributed by atoms with E-state index >= 15 is 0 Å². The minimum Gasteiger partial charge on any atom is -0.405 e. The van der Waals surface area contributed by atoms with Gasteiger partial charge >= 0.3 is 0 Å². The molecule has 0 amide bonds. The zero-order chi connectivity index (χ0) is 11.7. The summed E-state index contributed by atoms with van der Waals surface area (Å²) in [6, 6.07) is 16.9. The lowest BCUT2D eigenvalue weighted by atomic mass is 10.2. The average Bonchev–Trinajstić information content (AvgIpc) is 2.71. The van der Waals surface area contributed by atoms with E-state index in [1.54, 1.807) is 6.20 Å². The first-order valence-electron chi connectivity index (χ1n) is 5.74. The SMILES string of the molecule is NC=CCn1c2ccccc2c2ccccc21. The van der Waals surface area contributed by atoms with Gasteiger partial charge in [0.25, 0.3) is 0 Å². The smallest absolute Gasteiger partial charge is 0.0494 e. The lowest BCUT2D eigenvalue weighted by Crippen LogP contribution is -1.95. The average molecular weight is 222 g/mol. The summed E-state index contributed by atoms with van der Waals surface area (Å²) in [7, 11) is 0. The molecule has 2 heteroatoms. The van der Waals surface area contributed by atoms with Gasteiger partial charge in [-0.3, -0.25) is 0 Å². The highest BCUT2D eigenvalue weighted by atomic mass is 15.0. The normalized spacial score (nSPS) is 11.8. The fraction of sp³-hybridized carbons (Fsp3) is 0.0667. The third-order valence-electron chi connectivity index (χ3n) is 3.10. The predicted molar refractivity (Wildman–Crippen MR) is 72.8 cm³/mol.